The third-order valence-corrected chi connectivity index (χ3v) is 4.07. The Hall–Kier alpha value is -1.93. The molecule has 0 aliphatic rings. The van der Waals surface area contributed by atoms with Gasteiger partial charge < -0.3 is 15.4 Å². The molecule has 1 aromatic rings. The van der Waals surface area contributed by atoms with Crippen LogP contribution in [0.15, 0.2) is 23.1 Å². The van der Waals surface area contributed by atoms with Crippen LogP contribution in [-0.2, 0) is 19.4 Å². The van der Waals surface area contributed by atoms with Crippen molar-refractivity contribution in [3.63, 3.8) is 0 Å². The van der Waals surface area contributed by atoms with Gasteiger partial charge in [0.2, 0.25) is 5.91 Å². The zero-order valence-corrected chi connectivity index (χ0v) is 13.8. The van der Waals surface area contributed by atoms with Gasteiger partial charge in [-0.15, -0.1) is 0 Å². The summed E-state index contributed by atoms with van der Waals surface area (Å²) in [6.07, 6.45) is 1.03. The molecule has 0 heterocycles. The van der Waals surface area contributed by atoms with Gasteiger partial charge in [-0.05, 0) is 25.2 Å². The summed E-state index contributed by atoms with van der Waals surface area (Å²) in [5, 5.41) is 5.48. The van der Waals surface area contributed by atoms with E-state index in [1.165, 1.54) is 25.3 Å². The van der Waals surface area contributed by atoms with E-state index in [1.807, 2.05) is 0 Å². The highest BCUT2D eigenvalue weighted by atomic mass is 32.2. The van der Waals surface area contributed by atoms with Gasteiger partial charge in [-0.1, -0.05) is 6.92 Å². The Balaban J connectivity index is 3.19. The van der Waals surface area contributed by atoms with Gasteiger partial charge in [0.1, 0.15) is 0 Å². The van der Waals surface area contributed by atoms with E-state index in [0.717, 1.165) is 6.26 Å². The normalized spacial score (nSPS) is 12.5. The van der Waals surface area contributed by atoms with Crippen LogP contribution in [0.1, 0.15) is 17.3 Å². The fourth-order valence-corrected chi connectivity index (χ4v) is 2.47. The minimum Gasteiger partial charge on any atom is -0.465 e. The molecule has 122 valence electrons. The summed E-state index contributed by atoms with van der Waals surface area (Å²) in [4.78, 5) is 23.6. The maximum absolute atomic E-state index is 12.0. The summed E-state index contributed by atoms with van der Waals surface area (Å²) in [6.45, 7) is 2.20. The van der Waals surface area contributed by atoms with Crippen molar-refractivity contribution >= 4 is 27.4 Å². The van der Waals surface area contributed by atoms with Crippen LogP contribution < -0.4 is 10.6 Å². The second-order valence-electron chi connectivity index (χ2n) is 4.96. The van der Waals surface area contributed by atoms with Crippen LogP contribution in [0.5, 0.6) is 0 Å². The Morgan fingerprint density at radius 2 is 1.91 bits per heavy atom. The van der Waals surface area contributed by atoms with Crippen LogP contribution in [0.4, 0.5) is 5.69 Å². The third kappa shape index (κ3) is 4.81. The molecule has 1 rings (SSSR count). The van der Waals surface area contributed by atoms with Crippen molar-refractivity contribution in [1.29, 1.82) is 0 Å². The lowest BCUT2D eigenvalue weighted by molar-refractivity contribution is -0.119. The molecule has 1 amide bonds. The van der Waals surface area contributed by atoms with E-state index >= 15 is 0 Å². The zero-order valence-electron chi connectivity index (χ0n) is 13.0. The lowest BCUT2D eigenvalue weighted by atomic mass is 10.1. The highest BCUT2D eigenvalue weighted by molar-refractivity contribution is 7.90. The predicted molar refractivity (Wildman–Crippen MR) is 82.6 cm³/mol. The summed E-state index contributed by atoms with van der Waals surface area (Å²) in [5.41, 5.74) is 0.290. The summed E-state index contributed by atoms with van der Waals surface area (Å²) in [7, 11) is -0.605. The average molecular weight is 328 g/mol. The van der Waals surface area contributed by atoms with Crippen LogP contribution in [0.25, 0.3) is 0 Å². The van der Waals surface area contributed by atoms with Gasteiger partial charge in [-0.25, -0.2) is 13.2 Å². The number of benzene rings is 1. The predicted octanol–water partition coefficient (Wildman–Crippen LogP) is 0.671. The largest absolute Gasteiger partial charge is 0.465 e. The van der Waals surface area contributed by atoms with E-state index in [1.54, 1.807) is 14.0 Å². The fourth-order valence-electron chi connectivity index (χ4n) is 1.79. The maximum Gasteiger partial charge on any atom is 0.337 e. The highest BCUT2D eigenvalue weighted by Gasteiger charge is 2.17. The molecule has 0 aliphatic carbocycles. The fraction of sp³-hybridized carbons (Fsp3) is 0.429. The summed E-state index contributed by atoms with van der Waals surface area (Å²) in [5.74, 6) is -1.27. The molecule has 1 atom stereocenters. The molecule has 7 nitrogen and oxygen atoms in total. The van der Waals surface area contributed by atoms with Crippen molar-refractivity contribution in [2.75, 3.05) is 32.3 Å². The summed E-state index contributed by atoms with van der Waals surface area (Å²) >= 11 is 0. The van der Waals surface area contributed by atoms with Gasteiger partial charge >= 0.3 is 5.97 Å². The molecule has 0 aliphatic heterocycles. The molecule has 2 N–H and O–H groups in total. The number of ether oxygens (including phenoxy) is 1. The van der Waals surface area contributed by atoms with Crippen molar-refractivity contribution in [3.8, 4) is 0 Å². The van der Waals surface area contributed by atoms with Gasteiger partial charge in [-0.3, -0.25) is 4.79 Å². The van der Waals surface area contributed by atoms with Gasteiger partial charge in [0, 0.05) is 24.4 Å². The van der Waals surface area contributed by atoms with Crippen LogP contribution in [-0.4, -0.2) is 47.3 Å². The standard InChI is InChI=1S/C14H20N2O5S/c1-9(8-15-2)13(17)16-11-5-10(14(18)21-3)6-12(7-11)22(4,19)20/h5-7,9,15H,8H2,1-4H3,(H,16,17). The summed E-state index contributed by atoms with van der Waals surface area (Å²) in [6, 6.07) is 3.91. The molecule has 0 saturated heterocycles. The maximum atomic E-state index is 12.0. The monoisotopic (exact) mass is 328 g/mol. The van der Waals surface area contributed by atoms with Crippen molar-refractivity contribution in [2.24, 2.45) is 5.92 Å². The third-order valence-electron chi connectivity index (χ3n) is 2.98. The smallest absolute Gasteiger partial charge is 0.337 e. The van der Waals surface area contributed by atoms with Crippen LogP contribution in [0.3, 0.4) is 0 Å². The van der Waals surface area contributed by atoms with E-state index in [9.17, 15) is 18.0 Å². The van der Waals surface area contributed by atoms with Crippen molar-refractivity contribution in [3.05, 3.63) is 23.8 Å². The molecule has 0 radical (unpaired) electrons. The van der Waals surface area contributed by atoms with Crippen LogP contribution >= 0.6 is 0 Å². The van der Waals surface area contributed by atoms with E-state index in [-0.39, 0.29) is 28.0 Å². The first kappa shape index (κ1) is 18.1. The Bertz CT molecular complexity index is 670. The molecule has 8 heteroatoms. The van der Waals surface area contributed by atoms with E-state index in [2.05, 4.69) is 15.4 Å². The molecule has 0 spiro atoms. The number of carbonyl (C=O) groups excluding carboxylic acids is 2. The van der Waals surface area contributed by atoms with Gasteiger partial charge in [0.25, 0.3) is 0 Å². The number of sulfone groups is 1. The number of hydrogen-bond acceptors (Lipinski definition) is 6. The average Bonchev–Trinajstić information content (AvgIpc) is 2.45. The first-order chi connectivity index (χ1) is 10.2. The molecule has 22 heavy (non-hydrogen) atoms. The Morgan fingerprint density at radius 1 is 1.27 bits per heavy atom. The topological polar surface area (TPSA) is 102 Å². The second kappa shape index (κ2) is 7.37. The summed E-state index contributed by atoms with van der Waals surface area (Å²) < 4.78 is 28.0. The van der Waals surface area contributed by atoms with E-state index < -0.39 is 15.8 Å². The quantitative estimate of drug-likeness (QED) is 0.744. The Morgan fingerprint density at radius 3 is 2.41 bits per heavy atom. The minimum atomic E-state index is -3.53. The molecule has 0 fully saturated rings. The molecule has 0 bridgehead atoms. The number of esters is 1. The van der Waals surface area contributed by atoms with E-state index in [0.29, 0.717) is 6.54 Å². The molecule has 0 saturated carbocycles. The number of amides is 1. The first-order valence-corrected chi connectivity index (χ1v) is 8.47. The van der Waals surface area contributed by atoms with Gasteiger partial charge in [0.15, 0.2) is 9.84 Å². The molecular weight excluding hydrogens is 308 g/mol. The SMILES string of the molecule is CNCC(C)C(=O)Nc1cc(C(=O)OC)cc(S(C)(=O)=O)c1. The molecule has 1 unspecified atom stereocenters. The van der Waals surface area contributed by atoms with Gasteiger partial charge in [0.05, 0.1) is 17.6 Å². The van der Waals surface area contributed by atoms with Crippen LogP contribution in [0, 0.1) is 5.92 Å². The highest BCUT2D eigenvalue weighted by Crippen LogP contribution is 2.20. The zero-order chi connectivity index (χ0) is 16.9. The number of nitrogens with one attached hydrogen (secondary N) is 2. The number of methoxy groups -OCH3 is 1. The number of carbonyl (C=O) groups is 2. The molecule has 0 aromatic heterocycles. The van der Waals surface area contributed by atoms with Crippen molar-refractivity contribution in [1.82, 2.24) is 5.32 Å². The van der Waals surface area contributed by atoms with E-state index in [4.69, 9.17) is 0 Å². The number of anilines is 1. The Kier molecular flexibility index (Phi) is 6.07. The first-order valence-electron chi connectivity index (χ1n) is 6.58. The van der Waals surface area contributed by atoms with Crippen molar-refractivity contribution in [2.45, 2.75) is 11.8 Å². The minimum absolute atomic E-state index is 0.0574. The molecule has 1 aromatic carbocycles. The Labute approximate surface area is 130 Å². The number of rotatable bonds is 6. The molecular formula is C14H20N2O5S. The van der Waals surface area contributed by atoms with Crippen molar-refractivity contribution < 1.29 is 22.7 Å². The lowest BCUT2D eigenvalue weighted by Gasteiger charge is -2.13. The second-order valence-corrected chi connectivity index (χ2v) is 6.97. The van der Waals surface area contributed by atoms with Crippen LogP contribution in [0.2, 0.25) is 0 Å². The van der Waals surface area contributed by atoms with Gasteiger partial charge in [-0.2, -0.15) is 0 Å². The number of hydrogen-bond donors (Lipinski definition) is 2. The lowest BCUT2D eigenvalue weighted by Crippen LogP contribution is -2.28.